The van der Waals surface area contributed by atoms with Crippen molar-refractivity contribution in [2.45, 2.75) is 46.6 Å². The Morgan fingerprint density at radius 1 is 1.12 bits per heavy atom. The van der Waals surface area contributed by atoms with Gasteiger partial charge in [0, 0.05) is 42.7 Å². The highest BCUT2D eigenvalue weighted by atomic mass is 16.6. The minimum absolute atomic E-state index is 0.0712. The molecule has 7 nitrogen and oxygen atoms in total. The molecule has 0 saturated carbocycles. The number of H-pyrrole nitrogens is 1. The first-order valence-corrected chi connectivity index (χ1v) is 11.8. The molecule has 2 aliphatic rings. The van der Waals surface area contributed by atoms with Crippen LogP contribution in [0.2, 0.25) is 0 Å². The summed E-state index contributed by atoms with van der Waals surface area (Å²) in [5.74, 6) is 0. The third kappa shape index (κ3) is 3.67. The molecule has 7 heteroatoms. The van der Waals surface area contributed by atoms with E-state index in [1.165, 1.54) is 0 Å². The van der Waals surface area contributed by atoms with Crippen LogP contribution in [-0.4, -0.2) is 53.0 Å². The SMILES string of the molecule is [C-]#[N+]c1c(N2CCC3(CN(C(=O)OC(C)(C)C)C3)C2)ccc(C)c1-c1c(C)ccc2[nH]ncc12. The predicted octanol–water partition coefficient (Wildman–Crippen LogP) is 5.84. The smallest absolute Gasteiger partial charge is 0.410 e. The number of fused-ring (bicyclic) bond motifs is 1. The van der Waals surface area contributed by atoms with Crippen molar-refractivity contribution in [3.05, 3.63) is 53.0 Å². The Hall–Kier alpha value is -3.53. The highest BCUT2D eigenvalue weighted by molar-refractivity contribution is 6.03. The third-order valence-corrected chi connectivity index (χ3v) is 7.04. The summed E-state index contributed by atoms with van der Waals surface area (Å²) >= 11 is 0. The monoisotopic (exact) mass is 457 g/mol. The molecule has 1 N–H and O–H groups in total. The summed E-state index contributed by atoms with van der Waals surface area (Å²) in [5, 5.41) is 8.33. The number of anilines is 1. The lowest BCUT2D eigenvalue weighted by atomic mass is 9.79. The molecule has 176 valence electrons. The number of carbonyl (C=O) groups is 1. The standard InChI is InChI=1S/C27H31N5O2/c1-17-7-9-20-19(13-29-30-20)22(17)23-18(2)8-10-21(24(23)28-6)31-12-11-27(14-31)15-32(16-27)25(33)34-26(3,4)5/h7-10,13H,11-12,14-16H2,1-5H3,(H,29,30). The Labute approximate surface area is 200 Å². The maximum Gasteiger partial charge on any atom is 0.410 e. The van der Waals surface area contributed by atoms with Gasteiger partial charge in [-0.15, -0.1) is 0 Å². The Balaban J connectivity index is 1.45. The molecule has 1 spiro atoms. The van der Waals surface area contributed by atoms with Crippen molar-refractivity contribution >= 4 is 28.4 Å². The molecule has 0 atom stereocenters. The number of carbonyl (C=O) groups excluding carboxylic acids is 1. The molecule has 34 heavy (non-hydrogen) atoms. The van der Waals surface area contributed by atoms with Crippen LogP contribution in [0.3, 0.4) is 0 Å². The quantitative estimate of drug-likeness (QED) is 0.491. The second kappa shape index (κ2) is 7.76. The molecule has 0 bridgehead atoms. The van der Waals surface area contributed by atoms with E-state index < -0.39 is 5.60 Å². The number of amides is 1. The number of hydrogen-bond donors (Lipinski definition) is 1. The largest absolute Gasteiger partial charge is 0.444 e. The molecule has 3 heterocycles. The van der Waals surface area contributed by atoms with Crippen LogP contribution in [-0.2, 0) is 4.74 Å². The average Bonchev–Trinajstić information content (AvgIpc) is 3.39. The molecule has 1 aromatic heterocycles. The third-order valence-electron chi connectivity index (χ3n) is 7.04. The van der Waals surface area contributed by atoms with E-state index in [0.717, 1.165) is 58.4 Å². The van der Waals surface area contributed by atoms with Crippen molar-refractivity contribution in [2.75, 3.05) is 31.1 Å². The second-order valence-corrected chi connectivity index (χ2v) is 10.8. The first-order chi connectivity index (χ1) is 16.1. The zero-order valence-corrected chi connectivity index (χ0v) is 20.5. The number of aryl methyl sites for hydroxylation is 2. The maximum absolute atomic E-state index is 12.4. The van der Waals surface area contributed by atoms with Gasteiger partial charge >= 0.3 is 6.09 Å². The predicted molar refractivity (Wildman–Crippen MR) is 134 cm³/mol. The van der Waals surface area contributed by atoms with Crippen LogP contribution in [0.25, 0.3) is 26.9 Å². The fourth-order valence-corrected chi connectivity index (χ4v) is 5.44. The van der Waals surface area contributed by atoms with Gasteiger partial charge in [0.25, 0.3) is 0 Å². The number of likely N-dealkylation sites (tertiary alicyclic amines) is 1. The number of aromatic nitrogens is 2. The van der Waals surface area contributed by atoms with E-state index in [2.05, 4.69) is 52.0 Å². The molecule has 0 aliphatic carbocycles. The Morgan fingerprint density at radius 3 is 2.53 bits per heavy atom. The summed E-state index contributed by atoms with van der Waals surface area (Å²) in [6.45, 7) is 21.1. The first-order valence-electron chi connectivity index (χ1n) is 11.8. The van der Waals surface area contributed by atoms with E-state index in [4.69, 9.17) is 11.3 Å². The van der Waals surface area contributed by atoms with Crippen molar-refractivity contribution in [1.29, 1.82) is 0 Å². The van der Waals surface area contributed by atoms with Crippen LogP contribution in [0, 0.1) is 25.8 Å². The first kappa shape index (κ1) is 22.3. The van der Waals surface area contributed by atoms with Gasteiger partial charge in [-0.2, -0.15) is 5.10 Å². The van der Waals surface area contributed by atoms with Crippen molar-refractivity contribution in [3.8, 4) is 11.1 Å². The molecule has 5 rings (SSSR count). The number of hydrogen-bond acceptors (Lipinski definition) is 4. The summed E-state index contributed by atoms with van der Waals surface area (Å²) in [6.07, 6.45) is 2.62. The second-order valence-electron chi connectivity index (χ2n) is 10.8. The number of rotatable bonds is 2. The molecule has 2 aromatic carbocycles. The number of nitrogens with zero attached hydrogens (tertiary/aromatic N) is 4. The zero-order chi connectivity index (χ0) is 24.3. The van der Waals surface area contributed by atoms with Crippen molar-refractivity contribution in [2.24, 2.45) is 5.41 Å². The Bertz CT molecular complexity index is 1320. The number of ether oxygens (including phenoxy) is 1. The van der Waals surface area contributed by atoms with E-state index >= 15 is 0 Å². The van der Waals surface area contributed by atoms with E-state index in [1.807, 2.05) is 33.0 Å². The van der Waals surface area contributed by atoms with Crippen LogP contribution in [0.15, 0.2) is 30.5 Å². The minimum atomic E-state index is -0.486. The number of aromatic amines is 1. The van der Waals surface area contributed by atoms with E-state index in [1.54, 1.807) is 4.90 Å². The van der Waals surface area contributed by atoms with Crippen molar-refractivity contribution < 1.29 is 9.53 Å². The van der Waals surface area contributed by atoms with Crippen LogP contribution >= 0.6 is 0 Å². The molecule has 2 aliphatic heterocycles. The molecule has 3 aromatic rings. The van der Waals surface area contributed by atoms with Gasteiger partial charge in [-0.3, -0.25) is 5.10 Å². The minimum Gasteiger partial charge on any atom is -0.444 e. The molecule has 1 amide bonds. The highest BCUT2D eigenvalue weighted by Crippen LogP contribution is 2.48. The molecule has 0 unspecified atom stereocenters. The van der Waals surface area contributed by atoms with Gasteiger partial charge in [-0.05, 0) is 69.9 Å². The normalized spacial score (nSPS) is 17.2. The fraction of sp³-hybridized carbons (Fsp3) is 0.444. The van der Waals surface area contributed by atoms with Gasteiger partial charge in [-0.1, -0.05) is 17.7 Å². The van der Waals surface area contributed by atoms with Crippen LogP contribution in [0.4, 0.5) is 16.2 Å². The molecule has 2 fully saturated rings. The lowest BCUT2D eigenvalue weighted by Crippen LogP contribution is -2.60. The number of benzene rings is 2. The van der Waals surface area contributed by atoms with Gasteiger partial charge in [0.15, 0.2) is 0 Å². The highest BCUT2D eigenvalue weighted by Gasteiger charge is 2.50. The lowest BCUT2D eigenvalue weighted by molar-refractivity contribution is -0.0266. The maximum atomic E-state index is 12.4. The molecule has 2 saturated heterocycles. The Kier molecular flexibility index (Phi) is 5.09. The molecular formula is C27H31N5O2. The van der Waals surface area contributed by atoms with Gasteiger partial charge in [0.1, 0.15) is 5.60 Å². The summed E-state index contributed by atoms with van der Waals surface area (Å²) < 4.78 is 5.54. The van der Waals surface area contributed by atoms with Gasteiger partial charge in [-0.25, -0.2) is 9.64 Å². The topological polar surface area (TPSA) is 65.8 Å². The van der Waals surface area contributed by atoms with Crippen LogP contribution in [0.5, 0.6) is 0 Å². The van der Waals surface area contributed by atoms with Crippen LogP contribution in [0.1, 0.15) is 38.3 Å². The molecular weight excluding hydrogens is 426 g/mol. The van der Waals surface area contributed by atoms with E-state index in [-0.39, 0.29) is 11.5 Å². The Morgan fingerprint density at radius 2 is 1.82 bits per heavy atom. The summed E-state index contributed by atoms with van der Waals surface area (Å²) in [4.78, 5) is 20.6. The van der Waals surface area contributed by atoms with E-state index in [9.17, 15) is 4.79 Å². The van der Waals surface area contributed by atoms with Crippen LogP contribution < -0.4 is 4.90 Å². The van der Waals surface area contributed by atoms with Crippen molar-refractivity contribution in [3.63, 3.8) is 0 Å². The van der Waals surface area contributed by atoms with Crippen molar-refractivity contribution in [1.82, 2.24) is 15.1 Å². The van der Waals surface area contributed by atoms with Gasteiger partial charge < -0.3 is 14.5 Å². The average molecular weight is 458 g/mol. The van der Waals surface area contributed by atoms with Gasteiger partial charge in [0.05, 0.1) is 18.3 Å². The zero-order valence-electron chi connectivity index (χ0n) is 20.5. The molecule has 0 radical (unpaired) electrons. The fourth-order valence-electron chi connectivity index (χ4n) is 5.44. The van der Waals surface area contributed by atoms with E-state index in [0.29, 0.717) is 18.8 Å². The lowest BCUT2D eigenvalue weighted by Gasteiger charge is -2.47. The summed E-state index contributed by atoms with van der Waals surface area (Å²) in [5.41, 5.74) is 6.50. The summed E-state index contributed by atoms with van der Waals surface area (Å²) in [6, 6.07) is 8.33. The summed E-state index contributed by atoms with van der Waals surface area (Å²) in [7, 11) is 0. The van der Waals surface area contributed by atoms with Gasteiger partial charge in [0.2, 0.25) is 5.69 Å². The number of nitrogens with one attached hydrogen (secondary N) is 1.